The van der Waals surface area contributed by atoms with Gasteiger partial charge in [-0.3, -0.25) is 0 Å². The van der Waals surface area contributed by atoms with Crippen LogP contribution in [-0.4, -0.2) is 18.6 Å². The second-order valence-electron chi connectivity index (χ2n) is 3.75. The molecule has 2 aromatic rings. The lowest BCUT2D eigenvalue weighted by Crippen LogP contribution is -1.90. The predicted octanol–water partition coefficient (Wildman–Crippen LogP) is 3.44. The second-order valence-corrected chi connectivity index (χ2v) is 6.28. The summed E-state index contributed by atoms with van der Waals surface area (Å²) in [5.74, 6) is -0.507. The van der Waals surface area contributed by atoms with E-state index < -0.39 is 9.05 Å². The molecule has 6 nitrogen and oxygen atoms in total. The summed E-state index contributed by atoms with van der Waals surface area (Å²) in [5.41, 5.74) is -0.153. The first kappa shape index (κ1) is 14.3. The average Bonchev–Trinajstić information content (AvgIpc) is 2.37. The number of hydrogen-bond acceptors (Lipinski definition) is 6. The van der Waals surface area contributed by atoms with Gasteiger partial charge in [-0.25, -0.2) is 8.42 Å². The molecule has 0 aliphatic heterocycles. The van der Waals surface area contributed by atoms with Crippen molar-refractivity contribution in [3.8, 4) is 11.5 Å². The summed E-state index contributed by atoms with van der Waals surface area (Å²) in [4.78, 5) is -0.363. The van der Waals surface area contributed by atoms with Crippen molar-refractivity contribution in [1.29, 1.82) is 0 Å². The Hall–Kier alpha value is -2.12. The zero-order chi connectivity index (χ0) is 14.8. The van der Waals surface area contributed by atoms with Gasteiger partial charge >= 0.3 is 0 Å². The second kappa shape index (κ2) is 5.48. The molecule has 0 atom stereocenters. The standard InChI is InChI=1S/C12H9ClN2O4S/c13-20(18,19)11-7-3-6-10(17)12(11)15-14-8-4-1-2-5-9(8)16/h1-7,16-17H. The maximum absolute atomic E-state index is 11.4. The molecule has 0 saturated carbocycles. The van der Waals surface area contributed by atoms with Gasteiger partial charge in [0, 0.05) is 10.7 Å². The van der Waals surface area contributed by atoms with Crippen molar-refractivity contribution in [2.45, 2.75) is 4.90 Å². The Morgan fingerprint density at radius 3 is 2.20 bits per heavy atom. The molecule has 0 heterocycles. The van der Waals surface area contributed by atoms with Gasteiger partial charge in [-0.15, -0.1) is 10.2 Å². The van der Waals surface area contributed by atoms with Crippen LogP contribution in [0.2, 0.25) is 0 Å². The first-order valence-electron chi connectivity index (χ1n) is 5.36. The molecule has 0 fully saturated rings. The van der Waals surface area contributed by atoms with Crippen molar-refractivity contribution >= 4 is 31.1 Å². The largest absolute Gasteiger partial charge is 0.506 e. The van der Waals surface area contributed by atoms with E-state index in [0.717, 1.165) is 0 Å². The third-order valence-corrected chi connectivity index (χ3v) is 3.73. The molecule has 0 unspecified atom stereocenters. The highest BCUT2D eigenvalue weighted by molar-refractivity contribution is 8.13. The summed E-state index contributed by atoms with van der Waals surface area (Å²) < 4.78 is 22.8. The summed E-state index contributed by atoms with van der Waals surface area (Å²) >= 11 is 0. The van der Waals surface area contributed by atoms with Crippen LogP contribution in [0.25, 0.3) is 0 Å². The number of nitrogens with zero attached hydrogens (tertiary/aromatic N) is 2. The quantitative estimate of drug-likeness (QED) is 0.669. The third-order valence-electron chi connectivity index (χ3n) is 2.38. The number of phenolic OH excluding ortho intramolecular Hbond substituents is 2. The van der Waals surface area contributed by atoms with Gasteiger partial charge < -0.3 is 10.2 Å². The van der Waals surface area contributed by atoms with Gasteiger partial charge in [0.05, 0.1) is 0 Å². The van der Waals surface area contributed by atoms with E-state index >= 15 is 0 Å². The average molecular weight is 313 g/mol. The Labute approximate surface area is 119 Å². The molecule has 0 aromatic heterocycles. The molecule has 0 aliphatic rings. The number of phenols is 2. The van der Waals surface area contributed by atoms with Crippen LogP contribution in [0.15, 0.2) is 57.6 Å². The van der Waals surface area contributed by atoms with Gasteiger partial charge in [0.25, 0.3) is 9.05 Å². The highest BCUT2D eigenvalue weighted by Gasteiger charge is 2.18. The van der Waals surface area contributed by atoms with E-state index in [9.17, 15) is 18.6 Å². The van der Waals surface area contributed by atoms with Crippen molar-refractivity contribution in [2.75, 3.05) is 0 Å². The normalized spacial score (nSPS) is 11.8. The Bertz CT molecular complexity index is 775. The third kappa shape index (κ3) is 3.06. The van der Waals surface area contributed by atoms with Crippen LogP contribution in [0, 0.1) is 0 Å². The fourth-order valence-corrected chi connectivity index (χ4v) is 2.45. The van der Waals surface area contributed by atoms with Gasteiger partial charge in [-0.2, -0.15) is 0 Å². The minimum Gasteiger partial charge on any atom is -0.506 e. The zero-order valence-corrected chi connectivity index (χ0v) is 11.5. The van der Waals surface area contributed by atoms with Crippen LogP contribution in [-0.2, 0) is 9.05 Å². The van der Waals surface area contributed by atoms with Crippen LogP contribution in [0.4, 0.5) is 11.4 Å². The first-order valence-corrected chi connectivity index (χ1v) is 7.67. The summed E-state index contributed by atoms with van der Waals surface area (Å²) in [6, 6.07) is 9.88. The molecule has 0 spiro atoms. The minimum atomic E-state index is -4.07. The van der Waals surface area contributed by atoms with Gasteiger partial charge in [-0.1, -0.05) is 18.2 Å². The Morgan fingerprint density at radius 1 is 0.900 bits per heavy atom. The lowest BCUT2D eigenvalue weighted by Gasteiger charge is -2.03. The highest BCUT2D eigenvalue weighted by atomic mass is 35.7. The number of para-hydroxylation sites is 1. The highest BCUT2D eigenvalue weighted by Crippen LogP contribution is 2.37. The summed E-state index contributed by atoms with van der Waals surface area (Å²) in [6.07, 6.45) is 0. The Morgan fingerprint density at radius 2 is 1.55 bits per heavy atom. The maximum atomic E-state index is 11.4. The zero-order valence-electron chi connectivity index (χ0n) is 9.93. The van der Waals surface area contributed by atoms with Crippen molar-refractivity contribution in [1.82, 2.24) is 0 Å². The van der Waals surface area contributed by atoms with Gasteiger partial charge in [0.1, 0.15) is 27.8 Å². The van der Waals surface area contributed by atoms with E-state index in [1.807, 2.05) is 0 Å². The molecule has 0 aliphatic carbocycles. The lowest BCUT2D eigenvalue weighted by molar-refractivity contribution is 0.472. The number of aromatic hydroxyl groups is 2. The van der Waals surface area contributed by atoms with Gasteiger partial charge in [0.2, 0.25) is 0 Å². The van der Waals surface area contributed by atoms with Crippen LogP contribution >= 0.6 is 10.7 Å². The number of hydrogen-bond donors (Lipinski definition) is 2. The van der Waals surface area contributed by atoms with Crippen molar-refractivity contribution in [3.63, 3.8) is 0 Å². The molecule has 104 valence electrons. The number of halogens is 1. The number of azo groups is 1. The molecule has 0 saturated heterocycles. The van der Waals surface area contributed by atoms with Crippen LogP contribution in [0.3, 0.4) is 0 Å². The molecule has 0 amide bonds. The lowest BCUT2D eigenvalue weighted by atomic mass is 10.3. The van der Waals surface area contributed by atoms with Gasteiger partial charge in [-0.05, 0) is 24.3 Å². The van der Waals surface area contributed by atoms with Gasteiger partial charge in [0.15, 0.2) is 0 Å². The van der Waals surface area contributed by atoms with E-state index in [4.69, 9.17) is 10.7 Å². The molecule has 8 heteroatoms. The molecule has 0 bridgehead atoms. The number of rotatable bonds is 3. The fourth-order valence-electron chi connectivity index (χ4n) is 1.46. The first-order chi connectivity index (χ1) is 9.39. The van der Waals surface area contributed by atoms with E-state index in [2.05, 4.69) is 10.2 Å². The number of benzene rings is 2. The fraction of sp³-hybridized carbons (Fsp3) is 0. The Kier molecular flexibility index (Phi) is 3.91. The van der Waals surface area contributed by atoms with Crippen LogP contribution in [0.5, 0.6) is 11.5 Å². The van der Waals surface area contributed by atoms with Crippen LogP contribution in [0.1, 0.15) is 0 Å². The smallest absolute Gasteiger partial charge is 0.263 e. The molecule has 2 aromatic carbocycles. The summed E-state index contributed by atoms with van der Waals surface area (Å²) in [5, 5.41) is 26.5. The van der Waals surface area contributed by atoms with Crippen molar-refractivity contribution in [3.05, 3.63) is 42.5 Å². The molecule has 0 radical (unpaired) electrons. The summed E-state index contributed by atoms with van der Waals surface area (Å²) in [7, 11) is 1.18. The minimum absolute atomic E-state index is 0.123. The van der Waals surface area contributed by atoms with Crippen molar-refractivity contribution in [2.24, 2.45) is 10.2 Å². The molecular formula is C12H9ClN2O4S. The van der Waals surface area contributed by atoms with Crippen molar-refractivity contribution < 1.29 is 18.6 Å². The topological polar surface area (TPSA) is 99.3 Å². The SMILES string of the molecule is O=S(=O)(Cl)c1cccc(O)c1N=Nc1ccccc1O. The summed E-state index contributed by atoms with van der Waals surface area (Å²) in [6.45, 7) is 0. The maximum Gasteiger partial charge on any atom is 0.263 e. The van der Waals surface area contributed by atoms with Crippen LogP contribution < -0.4 is 0 Å². The monoisotopic (exact) mass is 312 g/mol. The van der Waals surface area contributed by atoms with E-state index in [1.54, 1.807) is 12.1 Å². The predicted molar refractivity (Wildman–Crippen MR) is 73.4 cm³/mol. The van der Waals surface area contributed by atoms with E-state index in [1.165, 1.54) is 30.3 Å². The molecule has 2 N–H and O–H groups in total. The van der Waals surface area contributed by atoms with E-state index in [-0.39, 0.29) is 27.8 Å². The molecule has 20 heavy (non-hydrogen) atoms. The molecule has 2 rings (SSSR count). The Balaban J connectivity index is 2.52. The molecular weight excluding hydrogens is 304 g/mol. The van der Waals surface area contributed by atoms with E-state index in [0.29, 0.717) is 0 Å².